The van der Waals surface area contributed by atoms with Crippen LogP contribution in [0.5, 0.6) is 5.75 Å². The first-order valence-corrected chi connectivity index (χ1v) is 13.6. The Hall–Kier alpha value is -2.60. The summed E-state index contributed by atoms with van der Waals surface area (Å²) in [5.41, 5.74) is 1.06. The van der Waals surface area contributed by atoms with Crippen LogP contribution in [-0.2, 0) is 16.6 Å². The number of alkyl halides is 6. The molecule has 0 saturated heterocycles. The number of carbonyl (C=O) groups excluding carboxylic acids is 2. The van der Waals surface area contributed by atoms with Gasteiger partial charge < -0.3 is 30.5 Å². The van der Waals surface area contributed by atoms with Crippen LogP contribution in [-0.4, -0.2) is 53.5 Å². The molecule has 0 bridgehead atoms. The minimum atomic E-state index is -4.84. The SMILES string of the molecule is COc1c(NC(=O)N[C@@H]2Cc3ccccc3[C@@H]2O)cc(C(C)(C)C)cc1C(CNC(=O)OCC(Cl)(Cl)Cl)C(F)(F)F. The van der Waals surface area contributed by atoms with Gasteiger partial charge in [0.25, 0.3) is 0 Å². The molecule has 0 heterocycles. The van der Waals surface area contributed by atoms with E-state index in [0.717, 1.165) is 5.56 Å². The van der Waals surface area contributed by atoms with Gasteiger partial charge in [0.15, 0.2) is 0 Å². The van der Waals surface area contributed by atoms with Gasteiger partial charge in [-0.25, -0.2) is 9.59 Å². The molecule has 0 fully saturated rings. The highest BCUT2D eigenvalue weighted by atomic mass is 35.6. The van der Waals surface area contributed by atoms with Crippen molar-refractivity contribution in [3.63, 3.8) is 0 Å². The Morgan fingerprint density at radius 2 is 1.78 bits per heavy atom. The van der Waals surface area contributed by atoms with Crippen molar-refractivity contribution in [2.75, 3.05) is 25.6 Å². The molecule has 0 spiro atoms. The van der Waals surface area contributed by atoms with Crippen LogP contribution in [0.3, 0.4) is 0 Å². The third-order valence-electron chi connectivity index (χ3n) is 6.54. The summed E-state index contributed by atoms with van der Waals surface area (Å²) in [5.74, 6) is -2.50. The van der Waals surface area contributed by atoms with E-state index in [4.69, 9.17) is 39.5 Å². The summed E-state index contributed by atoms with van der Waals surface area (Å²) in [6.45, 7) is 3.79. The predicted molar refractivity (Wildman–Crippen MR) is 151 cm³/mol. The maximum absolute atomic E-state index is 14.4. The number of alkyl carbamates (subject to hydrolysis) is 1. The lowest BCUT2D eigenvalue weighted by atomic mass is 9.83. The molecular formula is C27H31Cl3F3N3O5. The smallest absolute Gasteiger partial charge is 0.407 e. The summed E-state index contributed by atoms with van der Waals surface area (Å²) in [6.07, 6.45) is -6.63. The number of aliphatic hydroxyl groups is 1. The quantitative estimate of drug-likeness (QED) is 0.258. The summed E-state index contributed by atoms with van der Waals surface area (Å²) < 4.78 is 51.2. The van der Waals surface area contributed by atoms with Gasteiger partial charge >= 0.3 is 18.3 Å². The molecule has 226 valence electrons. The van der Waals surface area contributed by atoms with Crippen molar-refractivity contribution in [3.8, 4) is 5.75 Å². The molecule has 2 aromatic rings. The molecule has 3 rings (SSSR count). The lowest BCUT2D eigenvalue weighted by molar-refractivity contribution is -0.149. The summed E-state index contributed by atoms with van der Waals surface area (Å²) in [6, 6.07) is 8.68. The number of methoxy groups -OCH3 is 1. The fourth-order valence-corrected chi connectivity index (χ4v) is 4.64. The Bertz CT molecular complexity index is 1270. The van der Waals surface area contributed by atoms with Gasteiger partial charge in [-0.1, -0.05) is 85.9 Å². The molecule has 3 atom stereocenters. The van der Waals surface area contributed by atoms with E-state index in [1.807, 2.05) is 12.1 Å². The highest BCUT2D eigenvalue weighted by Gasteiger charge is 2.44. The first-order chi connectivity index (χ1) is 18.9. The average molecular weight is 641 g/mol. The van der Waals surface area contributed by atoms with Crippen molar-refractivity contribution in [1.82, 2.24) is 10.6 Å². The summed E-state index contributed by atoms with van der Waals surface area (Å²) in [7, 11) is 1.17. The number of urea groups is 1. The van der Waals surface area contributed by atoms with Crippen molar-refractivity contribution in [3.05, 3.63) is 58.7 Å². The monoisotopic (exact) mass is 639 g/mol. The molecule has 4 N–H and O–H groups in total. The fourth-order valence-electron chi connectivity index (χ4n) is 4.48. The second kappa shape index (κ2) is 12.7. The largest absolute Gasteiger partial charge is 0.494 e. The Labute approximate surface area is 250 Å². The van der Waals surface area contributed by atoms with Crippen molar-refractivity contribution in [1.29, 1.82) is 0 Å². The molecule has 3 amide bonds. The number of anilines is 1. The highest BCUT2D eigenvalue weighted by Crippen LogP contribution is 2.44. The molecule has 1 unspecified atom stereocenters. The summed E-state index contributed by atoms with van der Waals surface area (Å²) >= 11 is 16.6. The molecule has 8 nitrogen and oxygen atoms in total. The Morgan fingerprint density at radius 3 is 2.34 bits per heavy atom. The molecule has 41 heavy (non-hydrogen) atoms. The molecule has 0 radical (unpaired) electrons. The lowest BCUT2D eigenvalue weighted by Crippen LogP contribution is -2.40. The number of rotatable bonds is 7. The zero-order valence-corrected chi connectivity index (χ0v) is 24.9. The van der Waals surface area contributed by atoms with Crippen LogP contribution in [0.25, 0.3) is 0 Å². The normalized spacial score (nSPS) is 17.8. The summed E-state index contributed by atoms with van der Waals surface area (Å²) in [5, 5.41) is 18.0. The maximum atomic E-state index is 14.4. The minimum absolute atomic E-state index is 0.0227. The van der Waals surface area contributed by atoms with Crippen molar-refractivity contribution in [2.24, 2.45) is 0 Å². The van der Waals surface area contributed by atoms with E-state index in [-0.39, 0.29) is 17.0 Å². The van der Waals surface area contributed by atoms with Gasteiger partial charge in [0.1, 0.15) is 18.3 Å². The standard InChI is InChI=1S/C27H31Cl3F3N3O5/c1-25(2,3)15-10-17(18(27(31,32)33)12-34-24(39)41-13-26(28,29)30)22(40-4)20(11-15)36-23(38)35-19-9-14-7-5-6-8-16(14)21(19)37/h5-8,10-11,18-19,21,37H,9,12-13H2,1-4H3,(H,34,39)(H2,35,36,38)/t18?,19-,21+/m1/s1. The highest BCUT2D eigenvalue weighted by molar-refractivity contribution is 6.67. The van der Waals surface area contributed by atoms with Crippen LogP contribution in [0, 0.1) is 0 Å². The van der Waals surface area contributed by atoms with Crippen LogP contribution >= 0.6 is 34.8 Å². The topological polar surface area (TPSA) is 109 Å². The number of amides is 3. The van der Waals surface area contributed by atoms with Crippen LogP contribution < -0.4 is 20.7 Å². The molecule has 14 heteroatoms. The number of hydrogen-bond acceptors (Lipinski definition) is 5. The number of carbonyl (C=O) groups is 2. The zero-order valence-electron chi connectivity index (χ0n) is 22.7. The molecule has 0 aliphatic heterocycles. The van der Waals surface area contributed by atoms with Gasteiger partial charge in [-0.05, 0) is 34.6 Å². The van der Waals surface area contributed by atoms with Crippen LogP contribution in [0.1, 0.15) is 55.0 Å². The second-order valence-corrected chi connectivity index (χ2v) is 13.1. The Balaban J connectivity index is 1.91. The van der Waals surface area contributed by atoms with Gasteiger partial charge in [-0.15, -0.1) is 0 Å². The van der Waals surface area contributed by atoms with Crippen LogP contribution in [0.2, 0.25) is 0 Å². The number of aliphatic hydroxyl groups excluding tert-OH is 1. The van der Waals surface area contributed by atoms with E-state index < -0.39 is 58.7 Å². The molecule has 1 aliphatic rings. The number of fused-ring (bicyclic) bond motifs is 1. The van der Waals surface area contributed by atoms with Crippen molar-refractivity contribution >= 4 is 52.6 Å². The second-order valence-electron chi connectivity index (χ2n) is 10.6. The first-order valence-electron chi connectivity index (χ1n) is 12.5. The van der Waals surface area contributed by atoms with Gasteiger partial charge in [-0.2, -0.15) is 13.2 Å². The third kappa shape index (κ3) is 8.70. The fraction of sp³-hybridized carbons (Fsp3) is 0.481. The van der Waals surface area contributed by atoms with Gasteiger partial charge in [0, 0.05) is 12.1 Å². The Kier molecular flexibility index (Phi) is 10.2. The molecular weight excluding hydrogens is 610 g/mol. The molecule has 1 aliphatic carbocycles. The van der Waals surface area contributed by atoms with Crippen molar-refractivity contribution < 1.29 is 37.3 Å². The van der Waals surface area contributed by atoms with Gasteiger partial charge in [0.2, 0.25) is 3.79 Å². The first kappa shape index (κ1) is 32.9. The predicted octanol–water partition coefficient (Wildman–Crippen LogP) is 6.51. The van der Waals surface area contributed by atoms with E-state index in [1.54, 1.807) is 32.9 Å². The average Bonchev–Trinajstić information content (AvgIpc) is 3.15. The number of halogens is 6. The minimum Gasteiger partial charge on any atom is -0.494 e. The van der Waals surface area contributed by atoms with E-state index in [1.165, 1.54) is 19.2 Å². The van der Waals surface area contributed by atoms with E-state index >= 15 is 0 Å². The summed E-state index contributed by atoms with van der Waals surface area (Å²) in [4.78, 5) is 25.0. The number of ether oxygens (including phenoxy) is 2. The van der Waals surface area contributed by atoms with E-state index in [0.29, 0.717) is 17.5 Å². The Morgan fingerprint density at radius 1 is 1.12 bits per heavy atom. The van der Waals surface area contributed by atoms with Gasteiger partial charge in [-0.3, -0.25) is 0 Å². The van der Waals surface area contributed by atoms with Crippen LogP contribution in [0.4, 0.5) is 28.4 Å². The maximum Gasteiger partial charge on any atom is 0.407 e. The number of nitrogens with one attached hydrogen (secondary N) is 3. The van der Waals surface area contributed by atoms with E-state index in [9.17, 15) is 27.9 Å². The number of benzene rings is 2. The van der Waals surface area contributed by atoms with Crippen LogP contribution in [0.15, 0.2) is 36.4 Å². The van der Waals surface area contributed by atoms with Gasteiger partial charge in [0.05, 0.1) is 24.9 Å². The van der Waals surface area contributed by atoms with Crippen molar-refractivity contribution in [2.45, 2.75) is 60.6 Å². The van der Waals surface area contributed by atoms with E-state index in [2.05, 4.69) is 20.7 Å². The lowest BCUT2D eigenvalue weighted by Gasteiger charge is -2.28. The zero-order chi connectivity index (χ0) is 30.8. The molecule has 0 aromatic heterocycles. The third-order valence-corrected chi connectivity index (χ3v) is 6.86. The molecule has 0 saturated carbocycles. The number of hydrogen-bond donors (Lipinski definition) is 4. The molecule has 2 aromatic carbocycles.